The third-order valence-corrected chi connectivity index (χ3v) is 6.96. The molecular weight excluding hydrogens is 494 g/mol. The minimum Gasteiger partial charge on any atom is -0.353 e. The summed E-state index contributed by atoms with van der Waals surface area (Å²) in [4.78, 5) is 47.0. The molecule has 2 aliphatic rings. The fourth-order valence-electron chi connectivity index (χ4n) is 4.99. The zero-order valence-electron chi connectivity index (χ0n) is 20.5. The normalized spacial score (nSPS) is 18.4. The molecule has 2 fully saturated rings. The fraction of sp³-hybridized carbons (Fsp3) is 0.286. The summed E-state index contributed by atoms with van der Waals surface area (Å²) >= 11 is 0. The van der Waals surface area contributed by atoms with Crippen molar-refractivity contribution in [1.29, 1.82) is 0 Å². The Morgan fingerprint density at radius 1 is 0.974 bits per heavy atom. The van der Waals surface area contributed by atoms with Crippen LogP contribution in [-0.4, -0.2) is 64.0 Å². The first-order valence-corrected chi connectivity index (χ1v) is 12.3. The number of nitrogens with zero attached hydrogens (tertiary/aromatic N) is 3. The van der Waals surface area contributed by atoms with E-state index in [2.05, 4.69) is 10.3 Å². The zero-order chi connectivity index (χ0) is 26.7. The minimum atomic E-state index is -1.18. The van der Waals surface area contributed by atoms with Crippen LogP contribution >= 0.6 is 0 Å². The Morgan fingerprint density at radius 3 is 2.45 bits per heavy atom. The molecule has 0 radical (unpaired) electrons. The largest absolute Gasteiger partial charge is 0.353 e. The second-order valence-electron chi connectivity index (χ2n) is 9.27. The molecule has 2 saturated heterocycles. The number of halogens is 2. The van der Waals surface area contributed by atoms with Gasteiger partial charge in [-0.05, 0) is 42.5 Å². The number of hydrogen-bond acceptors (Lipinski definition) is 5. The van der Waals surface area contributed by atoms with Crippen LogP contribution in [-0.2, 0) is 16.1 Å². The molecule has 1 aromatic heterocycles. The van der Waals surface area contributed by atoms with Gasteiger partial charge in [0.15, 0.2) is 0 Å². The molecule has 5 rings (SSSR count). The van der Waals surface area contributed by atoms with E-state index in [4.69, 9.17) is 4.74 Å². The third kappa shape index (κ3) is 4.99. The van der Waals surface area contributed by atoms with E-state index in [0.29, 0.717) is 5.69 Å². The van der Waals surface area contributed by atoms with Crippen molar-refractivity contribution in [3.8, 4) is 0 Å². The van der Waals surface area contributed by atoms with Gasteiger partial charge < -0.3 is 15.0 Å². The number of benzene rings is 2. The number of pyridine rings is 1. The highest BCUT2D eigenvalue weighted by molar-refractivity contribution is 5.98. The van der Waals surface area contributed by atoms with E-state index >= 15 is 0 Å². The van der Waals surface area contributed by atoms with Gasteiger partial charge in [-0.25, -0.2) is 8.78 Å². The first-order valence-electron chi connectivity index (χ1n) is 12.3. The molecule has 38 heavy (non-hydrogen) atoms. The third-order valence-electron chi connectivity index (χ3n) is 6.96. The van der Waals surface area contributed by atoms with Crippen molar-refractivity contribution in [1.82, 2.24) is 20.1 Å². The lowest BCUT2D eigenvalue weighted by Crippen LogP contribution is -2.59. The number of amides is 3. The van der Waals surface area contributed by atoms with Gasteiger partial charge in [0.2, 0.25) is 5.91 Å². The summed E-state index contributed by atoms with van der Waals surface area (Å²) < 4.78 is 34.3. The smallest absolute Gasteiger partial charge is 0.256 e. The lowest BCUT2D eigenvalue weighted by Gasteiger charge is -2.44. The Balaban J connectivity index is 1.37. The maximum atomic E-state index is 14.2. The SMILES string of the molecule is O=C(NCc1ccccn1)[C@H]1COC2(CCN(C(=O)c3ccccc3F)CC2)N1C(=O)c1cccc(F)c1. The number of nitrogens with one attached hydrogen (secondary N) is 1. The van der Waals surface area contributed by atoms with Crippen LogP contribution < -0.4 is 5.32 Å². The van der Waals surface area contributed by atoms with E-state index in [1.807, 2.05) is 0 Å². The van der Waals surface area contributed by atoms with E-state index in [1.165, 1.54) is 46.2 Å². The number of piperidine rings is 1. The molecular formula is C28H26F2N4O4. The monoisotopic (exact) mass is 520 g/mol. The van der Waals surface area contributed by atoms with Gasteiger partial charge in [0.25, 0.3) is 11.8 Å². The van der Waals surface area contributed by atoms with E-state index in [1.54, 1.807) is 30.5 Å². The van der Waals surface area contributed by atoms with Gasteiger partial charge in [-0.15, -0.1) is 0 Å². The van der Waals surface area contributed by atoms with E-state index in [0.717, 1.165) is 6.07 Å². The summed E-state index contributed by atoms with van der Waals surface area (Å²) in [5.74, 6) is -2.62. The molecule has 10 heteroatoms. The highest BCUT2D eigenvalue weighted by atomic mass is 19.1. The second kappa shape index (κ2) is 10.7. The van der Waals surface area contributed by atoms with Gasteiger partial charge in [-0.3, -0.25) is 24.3 Å². The lowest BCUT2D eigenvalue weighted by molar-refractivity contribution is -0.128. The van der Waals surface area contributed by atoms with Gasteiger partial charge in [-0.2, -0.15) is 0 Å². The van der Waals surface area contributed by atoms with Crippen molar-refractivity contribution < 1.29 is 27.9 Å². The molecule has 1 spiro atoms. The van der Waals surface area contributed by atoms with Crippen molar-refractivity contribution in [2.24, 2.45) is 0 Å². The molecule has 3 aromatic rings. The molecule has 3 amide bonds. The lowest BCUT2D eigenvalue weighted by atomic mass is 9.96. The van der Waals surface area contributed by atoms with Gasteiger partial charge in [0.1, 0.15) is 23.4 Å². The summed E-state index contributed by atoms with van der Waals surface area (Å²) in [7, 11) is 0. The fourth-order valence-corrected chi connectivity index (χ4v) is 4.99. The molecule has 0 bridgehead atoms. The number of carbonyl (C=O) groups is 3. The summed E-state index contributed by atoms with van der Waals surface area (Å²) in [6.07, 6.45) is 2.03. The van der Waals surface area contributed by atoms with Crippen LogP contribution in [0, 0.1) is 11.6 Å². The van der Waals surface area contributed by atoms with Crippen LogP contribution in [0.1, 0.15) is 39.3 Å². The van der Waals surface area contributed by atoms with Crippen LogP contribution in [0.15, 0.2) is 72.9 Å². The van der Waals surface area contributed by atoms with E-state index in [9.17, 15) is 23.2 Å². The molecule has 2 aliphatic heterocycles. The van der Waals surface area contributed by atoms with Gasteiger partial charge in [0, 0.05) is 37.7 Å². The molecule has 0 unspecified atom stereocenters. The quantitative estimate of drug-likeness (QED) is 0.558. The number of ether oxygens (including phenoxy) is 1. The minimum absolute atomic E-state index is 0.0322. The predicted octanol–water partition coefficient (Wildman–Crippen LogP) is 3.15. The summed E-state index contributed by atoms with van der Waals surface area (Å²) in [5, 5.41) is 2.81. The standard InChI is InChI=1S/C28H26F2N4O4/c29-20-7-5-6-19(16-20)26(36)34-24(25(35)32-17-21-8-3-4-13-31-21)18-38-28(34)11-14-33(15-12-28)27(37)22-9-1-2-10-23(22)30/h1-10,13,16,24H,11-12,14-15,17-18H2,(H,32,35)/t24-/m1/s1. The van der Waals surface area contributed by atoms with Crippen molar-refractivity contribution in [2.45, 2.75) is 31.2 Å². The topological polar surface area (TPSA) is 91.8 Å². The highest BCUT2D eigenvalue weighted by Gasteiger charge is 2.54. The molecule has 8 nitrogen and oxygen atoms in total. The number of hydrogen-bond donors (Lipinski definition) is 1. The molecule has 2 aromatic carbocycles. The second-order valence-corrected chi connectivity index (χ2v) is 9.27. The first kappa shape index (κ1) is 25.5. The summed E-state index contributed by atoms with van der Waals surface area (Å²) in [6, 6.07) is 15.4. The van der Waals surface area contributed by atoms with Crippen LogP contribution in [0.5, 0.6) is 0 Å². The van der Waals surface area contributed by atoms with E-state index < -0.39 is 41.1 Å². The molecule has 1 N–H and O–H groups in total. The number of likely N-dealkylation sites (tertiary alicyclic amines) is 1. The Kier molecular flexibility index (Phi) is 7.15. The van der Waals surface area contributed by atoms with Crippen molar-refractivity contribution >= 4 is 17.7 Å². The first-order chi connectivity index (χ1) is 18.4. The van der Waals surface area contributed by atoms with Crippen molar-refractivity contribution in [3.05, 3.63) is 101 Å². The van der Waals surface area contributed by atoms with Gasteiger partial charge in [0.05, 0.1) is 24.4 Å². The van der Waals surface area contributed by atoms with Crippen LogP contribution in [0.25, 0.3) is 0 Å². The van der Waals surface area contributed by atoms with Crippen molar-refractivity contribution in [2.75, 3.05) is 19.7 Å². The Hall–Kier alpha value is -4.18. The molecule has 196 valence electrons. The zero-order valence-corrected chi connectivity index (χ0v) is 20.5. The van der Waals surface area contributed by atoms with E-state index in [-0.39, 0.29) is 50.2 Å². The number of rotatable bonds is 5. The maximum Gasteiger partial charge on any atom is 0.256 e. The molecule has 3 heterocycles. The Morgan fingerprint density at radius 2 is 1.74 bits per heavy atom. The summed E-state index contributed by atoms with van der Waals surface area (Å²) in [6.45, 7) is 0.469. The predicted molar refractivity (Wildman–Crippen MR) is 133 cm³/mol. The van der Waals surface area contributed by atoms with Gasteiger partial charge in [-0.1, -0.05) is 24.3 Å². The van der Waals surface area contributed by atoms with Crippen LogP contribution in [0.3, 0.4) is 0 Å². The highest BCUT2D eigenvalue weighted by Crippen LogP contribution is 2.39. The summed E-state index contributed by atoms with van der Waals surface area (Å²) in [5.41, 5.74) is -0.474. The molecule has 1 atom stereocenters. The number of carbonyl (C=O) groups excluding carboxylic acids is 3. The van der Waals surface area contributed by atoms with Crippen LogP contribution in [0.4, 0.5) is 8.78 Å². The van der Waals surface area contributed by atoms with Gasteiger partial charge >= 0.3 is 0 Å². The van der Waals surface area contributed by atoms with Crippen molar-refractivity contribution in [3.63, 3.8) is 0 Å². The average Bonchev–Trinajstić information content (AvgIpc) is 3.30. The Bertz CT molecular complexity index is 1350. The van der Waals surface area contributed by atoms with Crippen LogP contribution in [0.2, 0.25) is 0 Å². The molecule has 0 aliphatic carbocycles. The Labute approximate surface area is 218 Å². The number of aromatic nitrogens is 1. The molecule has 0 saturated carbocycles. The maximum absolute atomic E-state index is 14.2. The average molecular weight is 521 g/mol.